The second-order valence-corrected chi connectivity index (χ2v) is 7.73. The Morgan fingerprint density at radius 3 is 2.52 bits per heavy atom. The summed E-state index contributed by atoms with van der Waals surface area (Å²) in [4.78, 5) is 19.2. The Kier molecular flexibility index (Phi) is 5.49. The van der Waals surface area contributed by atoms with E-state index in [1.165, 1.54) is 29.0 Å². The van der Waals surface area contributed by atoms with Crippen molar-refractivity contribution in [2.45, 2.75) is 19.4 Å². The number of carbonyl (C=O) groups excluding carboxylic acids is 1. The highest BCUT2D eigenvalue weighted by atomic mass is 32.1. The monoisotopic (exact) mass is 412 g/mol. The second-order valence-electron chi connectivity index (χ2n) is 6.87. The maximum atomic E-state index is 13.1. The van der Waals surface area contributed by atoms with E-state index in [0.29, 0.717) is 24.6 Å². The molecule has 0 spiro atoms. The third kappa shape index (κ3) is 4.10. The van der Waals surface area contributed by atoms with Gasteiger partial charge >= 0.3 is 0 Å². The van der Waals surface area contributed by atoms with Crippen molar-refractivity contribution in [2.24, 2.45) is 0 Å². The lowest BCUT2D eigenvalue weighted by Gasteiger charge is -2.29. The molecule has 2 heterocycles. The topological polar surface area (TPSA) is 51.7 Å². The van der Waals surface area contributed by atoms with Crippen LogP contribution in [0.1, 0.15) is 16.8 Å². The van der Waals surface area contributed by atoms with Crippen LogP contribution < -0.4 is 9.47 Å². The van der Waals surface area contributed by atoms with Crippen molar-refractivity contribution in [1.29, 1.82) is 0 Å². The number of thiazole rings is 1. The number of nitrogens with zero attached hydrogens (tertiary/aromatic N) is 2. The van der Waals surface area contributed by atoms with E-state index < -0.39 is 0 Å². The molecule has 150 valence electrons. The van der Waals surface area contributed by atoms with Crippen LogP contribution >= 0.6 is 11.3 Å². The summed E-state index contributed by atoms with van der Waals surface area (Å²) in [6.07, 6.45) is 1.03. The number of methoxy groups -OCH3 is 2. The number of carbonyl (C=O) groups is 1. The molecule has 1 amide bonds. The van der Waals surface area contributed by atoms with Crippen molar-refractivity contribution in [2.75, 3.05) is 20.8 Å². The lowest BCUT2D eigenvalue weighted by Crippen LogP contribution is -2.37. The summed E-state index contributed by atoms with van der Waals surface area (Å²) in [5.74, 6) is 1.15. The third-order valence-corrected chi connectivity index (χ3v) is 5.99. The Bertz CT molecular complexity index is 1030. The predicted molar refractivity (Wildman–Crippen MR) is 110 cm³/mol. The molecule has 1 aliphatic heterocycles. The molecular formula is C22H21FN2O3S. The average Bonchev–Trinajstić information content (AvgIpc) is 3.21. The van der Waals surface area contributed by atoms with Crippen molar-refractivity contribution in [1.82, 2.24) is 9.88 Å². The Labute approximate surface area is 172 Å². The normalized spacial score (nSPS) is 13.1. The van der Waals surface area contributed by atoms with Gasteiger partial charge in [-0.1, -0.05) is 0 Å². The van der Waals surface area contributed by atoms with Gasteiger partial charge in [0.1, 0.15) is 10.8 Å². The zero-order chi connectivity index (χ0) is 20.4. The summed E-state index contributed by atoms with van der Waals surface area (Å²) in [6, 6.07) is 10.2. The maximum absolute atomic E-state index is 13.1. The summed E-state index contributed by atoms with van der Waals surface area (Å²) in [6.45, 7) is 1.21. The van der Waals surface area contributed by atoms with Gasteiger partial charge in [0, 0.05) is 24.0 Å². The van der Waals surface area contributed by atoms with Gasteiger partial charge in [-0.05, 0) is 53.9 Å². The highest BCUT2D eigenvalue weighted by molar-refractivity contribution is 7.13. The van der Waals surface area contributed by atoms with Crippen LogP contribution in [0.4, 0.5) is 4.39 Å². The standard InChI is InChI=1S/C22H21FN2O3S/c1-27-19-9-15-7-8-25(12-16(15)10-20(19)28-2)21(26)11-18-13-29-22(24-18)14-3-5-17(23)6-4-14/h3-6,9-10,13H,7-8,11-12H2,1-2H3. The van der Waals surface area contributed by atoms with Crippen LogP contribution in [0.15, 0.2) is 41.8 Å². The van der Waals surface area contributed by atoms with Gasteiger partial charge in [0.05, 0.1) is 26.3 Å². The second kappa shape index (κ2) is 8.21. The van der Waals surface area contributed by atoms with E-state index in [1.807, 2.05) is 22.4 Å². The number of benzene rings is 2. The number of ether oxygens (including phenoxy) is 2. The summed E-state index contributed by atoms with van der Waals surface area (Å²) < 4.78 is 23.9. The summed E-state index contributed by atoms with van der Waals surface area (Å²) in [7, 11) is 3.23. The largest absolute Gasteiger partial charge is 0.493 e. The van der Waals surface area contributed by atoms with E-state index >= 15 is 0 Å². The van der Waals surface area contributed by atoms with E-state index in [-0.39, 0.29) is 18.1 Å². The molecule has 7 heteroatoms. The summed E-state index contributed by atoms with van der Waals surface area (Å²) in [5, 5.41) is 2.68. The lowest BCUT2D eigenvalue weighted by molar-refractivity contribution is -0.131. The van der Waals surface area contributed by atoms with Gasteiger partial charge in [0.15, 0.2) is 11.5 Å². The summed E-state index contributed by atoms with van der Waals surface area (Å²) in [5.41, 5.74) is 3.84. The van der Waals surface area contributed by atoms with E-state index in [0.717, 1.165) is 28.2 Å². The number of hydrogen-bond donors (Lipinski definition) is 0. The van der Waals surface area contributed by atoms with Gasteiger partial charge in [0.2, 0.25) is 5.91 Å². The van der Waals surface area contributed by atoms with Crippen LogP contribution in [0, 0.1) is 5.82 Å². The first-order valence-electron chi connectivity index (χ1n) is 9.29. The zero-order valence-corrected chi connectivity index (χ0v) is 17.1. The first-order valence-corrected chi connectivity index (χ1v) is 10.2. The molecule has 0 fully saturated rings. The number of rotatable bonds is 5. The molecule has 3 aromatic rings. The fourth-order valence-corrected chi connectivity index (χ4v) is 4.30. The lowest BCUT2D eigenvalue weighted by atomic mass is 9.98. The van der Waals surface area contributed by atoms with Crippen molar-refractivity contribution in [3.8, 4) is 22.1 Å². The van der Waals surface area contributed by atoms with Crippen molar-refractivity contribution in [3.63, 3.8) is 0 Å². The molecule has 5 nitrogen and oxygen atoms in total. The quantitative estimate of drug-likeness (QED) is 0.633. The SMILES string of the molecule is COc1cc2c(cc1OC)CN(C(=O)Cc1csc(-c3ccc(F)cc3)n1)CC2. The van der Waals surface area contributed by atoms with E-state index in [9.17, 15) is 9.18 Å². The van der Waals surface area contributed by atoms with Gasteiger partial charge in [-0.3, -0.25) is 4.79 Å². The molecule has 0 N–H and O–H groups in total. The molecule has 0 saturated carbocycles. The molecule has 4 rings (SSSR count). The average molecular weight is 412 g/mol. The van der Waals surface area contributed by atoms with Gasteiger partial charge < -0.3 is 14.4 Å². The number of fused-ring (bicyclic) bond motifs is 1. The van der Waals surface area contributed by atoms with Crippen LogP contribution in [0.3, 0.4) is 0 Å². The van der Waals surface area contributed by atoms with Crippen LogP contribution in [-0.4, -0.2) is 36.6 Å². The fourth-order valence-electron chi connectivity index (χ4n) is 3.48. The minimum Gasteiger partial charge on any atom is -0.493 e. The number of amides is 1. The smallest absolute Gasteiger partial charge is 0.228 e. The number of halogens is 1. The van der Waals surface area contributed by atoms with E-state index in [4.69, 9.17) is 9.47 Å². The van der Waals surface area contributed by atoms with Crippen molar-refractivity contribution in [3.05, 3.63) is 64.4 Å². The number of hydrogen-bond acceptors (Lipinski definition) is 5. The third-order valence-electron chi connectivity index (χ3n) is 5.05. The highest BCUT2D eigenvalue weighted by Crippen LogP contribution is 2.33. The molecular weight excluding hydrogens is 391 g/mol. The number of aromatic nitrogens is 1. The minimum absolute atomic E-state index is 0.0430. The van der Waals surface area contributed by atoms with Gasteiger partial charge in [-0.25, -0.2) is 9.37 Å². The minimum atomic E-state index is -0.277. The Morgan fingerprint density at radius 1 is 1.14 bits per heavy atom. The molecule has 1 aliphatic rings. The maximum Gasteiger partial charge on any atom is 0.228 e. The zero-order valence-electron chi connectivity index (χ0n) is 16.3. The van der Waals surface area contributed by atoms with Crippen molar-refractivity contribution >= 4 is 17.2 Å². The molecule has 2 aromatic carbocycles. The molecule has 1 aromatic heterocycles. The van der Waals surface area contributed by atoms with Crippen LogP contribution in [0.2, 0.25) is 0 Å². The summed E-state index contributed by atoms with van der Waals surface area (Å²) >= 11 is 1.46. The van der Waals surface area contributed by atoms with E-state index in [2.05, 4.69) is 4.98 Å². The first-order chi connectivity index (χ1) is 14.1. The van der Waals surface area contributed by atoms with Gasteiger partial charge in [-0.15, -0.1) is 11.3 Å². The van der Waals surface area contributed by atoms with Gasteiger partial charge in [-0.2, -0.15) is 0 Å². The first kappa shape index (κ1) is 19.4. The molecule has 0 unspecified atom stereocenters. The van der Waals surface area contributed by atoms with Crippen LogP contribution in [0.25, 0.3) is 10.6 Å². The predicted octanol–water partition coefficient (Wildman–Crippen LogP) is 4.09. The molecule has 0 saturated heterocycles. The Balaban J connectivity index is 1.45. The molecule has 0 bridgehead atoms. The highest BCUT2D eigenvalue weighted by Gasteiger charge is 2.23. The Morgan fingerprint density at radius 2 is 1.83 bits per heavy atom. The fraction of sp³-hybridized carbons (Fsp3) is 0.273. The van der Waals surface area contributed by atoms with Gasteiger partial charge in [0.25, 0.3) is 0 Å². The van der Waals surface area contributed by atoms with Crippen LogP contribution in [0.5, 0.6) is 11.5 Å². The molecule has 0 atom stereocenters. The molecule has 29 heavy (non-hydrogen) atoms. The van der Waals surface area contributed by atoms with Crippen molar-refractivity contribution < 1.29 is 18.7 Å². The Hall–Kier alpha value is -2.93. The molecule has 0 aliphatic carbocycles. The van der Waals surface area contributed by atoms with Crippen LogP contribution in [-0.2, 0) is 24.2 Å². The van der Waals surface area contributed by atoms with E-state index in [1.54, 1.807) is 26.4 Å². The molecule has 0 radical (unpaired) electrons.